The van der Waals surface area contributed by atoms with Gasteiger partial charge in [-0.05, 0) is 39.5 Å². The van der Waals surface area contributed by atoms with Crippen LogP contribution in [0.4, 0.5) is 0 Å². The van der Waals surface area contributed by atoms with Crippen LogP contribution in [0.3, 0.4) is 0 Å². The van der Waals surface area contributed by atoms with E-state index in [2.05, 4.69) is 31.0 Å². The van der Waals surface area contributed by atoms with E-state index in [1.54, 1.807) is 0 Å². The highest BCUT2D eigenvalue weighted by molar-refractivity contribution is 7.99. The van der Waals surface area contributed by atoms with E-state index in [0.29, 0.717) is 23.9 Å². The number of amides is 1. The predicted octanol–water partition coefficient (Wildman–Crippen LogP) is 2.12. The number of carbonyl (C=O) groups is 1. The number of carbonyl (C=O) groups excluding carboxylic acids is 1. The third-order valence-electron chi connectivity index (χ3n) is 3.45. The molecule has 0 aromatic carbocycles. The fourth-order valence-electron chi connectivity index (χ4n) is 2.17. The summed E-state index contributed by atoms with van der Waals surface area (Å²) in [6, 6.07) is 0.818. The predicted molar refractivity (Wildman–Crippen MR) is 75.5 cm³/mol. The molecule has 3 nitrogen and oxygen atoms in total. The lowest BCUT2D eigenvalue weighted by Gasteiger charge is -2.24. The Morgan fingerprint density at radius 3 is 2.76 bits per heavy atom. The Balaban J connectivity index is 2.34. The molecule has 17 heavy (non-hydrogen) atoms. The zero-order valence-electron chi connectivity index (χ0n) is 11.5. The second kappa shape index (κ2) is 7.27. The molecule has 0 spiro atoms. The smallest absolute Gasteiger partial charge is 0.234 e. The van der Waals surface area contributed by atoms with E-state index in [1.807, 2.05) is 18.8 Å². The summed E-state index contributed by atoms with van der Waals surface area (Å²) in [5.41, 5.74) is 0. The van der Waals surface area contributed by atoms with Gasteiger partial charge in [-0.15, -0.1) is 0 Å². The topological polar surface area (TPSA) is 32.3 Å². The van der Waals surface area contributed by atoms with Crippen molar-refractivity contribution in [2.45, 2.75) is 57.4 Å². The lowest BCUT2D eigenvalue weighted by Crippen LogP contribution is -2.44. The van der Waals surface area contributed by atoms with E-state index < -0.39 is 0 Å². The molecule has 1 amide bonds. The van der Waals surface area contributed by atoms with Crippen molar-refractivity contribution < 1.29 is 4.79 Å². The van der Waals surface area contributed by atoms with Gasteiger partial charge in [0.2, 0.25) is 5.91 Å². The normalized spacial score (nSPS) is 24.6. The number of hydrogen-bond donors (Lipinski definition) is 1. The minimum absolute atomic E-state index is 0.176. The summed E-state index contributed by atoms with van der Waals surface area (Å²) >= 11 is 1.99. The monoisotopic (exact) mass is 258 g/mol. The van der Waals surface area contributed by atoms with Crippen LogP contribution in [-0.2, 0) is 4.79 Å². The van der Waals surface area contributed by atoms with Crippen LogP contribution in [-0.4, -0.2) is 47.5 Å². The summed E-state index contributed by atoms with van der Waals surface area (Å²) in [4.78, 5) is 14.0. The molecule has 1 fully saturated rings. The average Bonchev–Trinajstić information content (AvgIpc) is 2.66. The highest BCUT2D eigenvalue weighted by atomic mass is 32.2. The Labute approximate surface area is 110 Å². The maximum atomic E-state index is 11.9. The molecular weight excluding hydrogens is 232 g/mol. The first-order chi connectivity index (χ1) is 8.04. The molecule has 1 rings (SSSR count). The molecular formula is C13H26N2OS. The molecule has 0 heterocycles. The molecule has 2 atom stereocenters. The first-order valence-electron chi connectivity index (χ1n) is 6.65. The van der Waals surface area contributed by atoms with Crippen LogP contribution in [0.5, 0.6) is 0 Å². The van der Waals surface area contributed by atoms with E-state index in [-0.39, 0.29) is 5.91 Å². The number of likely N-dealkylation sites (N-methyl/N-ethyl adjacent to an activating group) is 1. The van der Waals surface area contributed by atoms with Crippen LogP contribution in [0.2, 0.25) is 0 Å². The van der Waals surface area contributed by atoms with Gasteiger partial charge in [-0.3, -0.25) is 9.69 Å². The molecule has 1 aliphatic carbocycles. The second-order valence-electron chi connectivity index (χ2n) is 5.11. The van der Waals surface area contributed by atoms with Crippen molar-refractivity contribution in [3.8, 4) is 0 Å². The molecule has 0 aromatic heterocycles. The maximum absolute atomic E-state index is 11.9. The Kier molecular flexibility index (Phi) is 6.34. The summed E-state index contributed by atoms with van der Waals surface area (Å²) in [5.74, 6) is 1.32. The minimum Gasteiger partial charge on any atom is -0.351 e. The number of thioether (sulfide) groups is 1. The Morgan fingerprint density at radius 1 is 1.47 bits per heavy atom. The van der Waals surface area contributed by atoms with Gasteiger partial charge >= 0.3 is 0 Å². The van der Waals surface area contributed by atoms with Crippen LogP contribution in [0, 0.1) is 0 Å². The van der Waals surface area contributed by atoms with Crippen molar-refractivity contribution in [3.05, 3.63) is 0 Å². The fourth-order valence-corrected chi connectivity index (χ4v) is 3.36. The van der Waals surface area contributed by atoms with Crippen LogP contribution in [0.15, 0.2) is 0 Å². The third kappa shape index (κ3) is 4.88. The van der Waals surface area contributed by atoms with Gasteiger partial charge in [0, 0.05) is 17.3 Å². The van der Waals surface area contributed by atoms with E-state index in [0.717, 1.165) is 12.2 Å². The van der Waals surface area contributed by atoms with Crippen LogP contribution in [0.25, 0.3) is 0 Å². The van der Waals surface area contributed by atoms with Crippen molar-refractivity contribution in [2.24, 2.45) is 0 Å². The zero-order chi connectivity index (χ0) is 12.8. The maximum Gasteiger partial charge on any atom is 0.234 e. The summed E-state index contributed by atoms with van der Waals surface area (Å²) in [7, 11) is 2.00. The molecule has 0 unspecified atom stereocenters. The van der Waals surface area contributed by atoms with Gasteiger partial charge in [0.1, 0.15) is 0 Å². The van der Waals surface area contributed by atoms with Crippen molar-refractivity contribution in [3.63, 3.8) is 0 Å². The van der Waals surface area contributed by atoms with E-state index in [1.165, 1.54) is 12.8 Å². The van der Waals surface area contributed by atoms with Gasteiger partial charge in [-0.2, -0.15) is 11.8 Å². The Morgan fingerprint density at radius 2 is 2.18 bits per heavy atom. The highest BCUT2D eigenvalue weighted by Crippen LogP contribution is 2.29. The number of nitrogens with zero attached hydrogens (tertiary/aromatic N) is 1. The number of rotatable bonds is 6. The summed E-state index contributed by atoms with van der Waals surface area (Å²) < 4.78 is 0. The molecule has 0 bridgehead atoms. The summed E-state index contributed by atoms with van der Waals surface area (Å²) in [6.07, 6.45) is 3.65. The first-order valence-corrected chi connectivity index (χ1v) is 7.70. The highest BCUT2D eigenvalue weighted by Gasteiger charge is 2.28. The molecule has 0 aromatic rings. The van der Waals surface area contributed by atoms with E-state index >= 15 is 0 Å². The summed E-state index contributed by atoms with van der Waals surface area (Å²) in [5, 5.41) is 3.83. The fraction of sp³-hybridized carbons (Fsp3) is 0.923. The van der Waals surface area contributed by atoms with Crippen molar-refractivity contribution in [2.75, 3.05) is 19.3 Å². The number of hydrogen-bond acceptors (Lipinski definition) is 3. The Hall–Kier alpha value is -0.220. The standard InChI is InChI=1S/C13H26N2OS/c1-5-17-12-8-6-7-11(12)14-13(16)9-15(4)10(2)3/h10-12H,5-9H2,1-4H3,(H,14,16)/t11-,12+/m1/s1. The van der Waals surface area contributed by atoms with E-state index in [4.69, 9.17) is 0 Å². The molecule has 0 radical (unpaired) electrons. The second-order valence-corrected chi connectivity index (χ2v) is 6.62. The molecule has 1 aliphatic rings. The molecule has 1 N–H and O–H groups in total. The van der Waals surface area contributed by atoms with Gasteiger partial charge in [0.05, 0.1) is 6.54 Å². The van der Waals surface area contributed by atoms with Crippen LogP contribution < -0.4 is 5.32 Å². The quantitative estimate of drug-likeness (QED) is 0.792. The average molecular weight is 258 g/mol. The lowest BCUT2D eigenvalue weighted by molar-refractivity contribution is -0.122. The molecule has 0 aliphatic heterocycles. The Bertz CT molecular complexity index is 246. The van der Waals surface area contributed by atoms with Gasteiger partial charge < -0.3 is 5.32 Å². The van der Waals surface area contributed by atoms with Crippen LogP contribution >= 0.6 is 11.8 Å². The zero-order valence-corrected chi connectivity index (χ0v) is 12.3. The van der Waals surface area contributed by atoms with Gasteiger partial charge in [0.15, 0.2) is 0 Å². The molecule has 1 saturated carbocycles. The lowest BCUT2D eigenvalue weighted by atomic mass is 10.2. The van der Waals surface area contributed by atoms with Crippen LogP contribution in [0.1, 0.15) is 40.0 Å². The first kappa shape index (κ1) is 14.8. The van der Waals surface area contributed by atoms with Crippen molar-refractivity contribution >= 4 is 17.7 Å². The third-order valence-corrected chi connectivity index (χ3v) is 4.78. The van der Waals surface area contributed by atoms with Crippen molar-refractivity contribution in [1.82, 2.24) is 10.2 Å². The van der Waals surface area contributed by atoms with E-state index in [9.17, 15) is 4.79 Å². The minimum atomic E-state index is 0.176. The largest absolute Gasteiger partial charge is 0.351 e. The van der Waals surface area contributed by atoms with Gasteiger partial charge in [-0.1, -0.05) is 13.3 Å². The molecule has 0 saturated heterocycles. The summed E-state index contributed by atoms with van der Waals surface area (Å²) in [6.45, 7) is 6.92. The van der Waals surface area contributed by atoms with Gasteiger partial charge in [-0.25, -0.2) is 0 Å². The van der Waals surface area contributed by atoms with Crippen molar-refractivity contribution in [1.29, 1.82) is 0 Å². The molecule has 4 heteroatoms. The SMILES string of the molecule is CCS[C@H]1CCC[C@H]1NC(=O)CN(C)C(C)C. The molecule has 100 valence electrons. The number of nitrogens with one attached hydrogen (secondary N) is 1. The van der Waals surface area contributed by atoms with Gasteiger partial charge in [0.25, 0.3) is 0 Å².